The van der Waals surface area contributed by atoms with E-state index in [4.69, 9.17) is 9.47 Å². The van der Waals surface area contributed by atoms with Crippen LogP contribution in [-0.4, -0.2) is 35.4 Å². The molecule has 162 valence electrons. The van der Waals surface area contributed by atoms with Crippen molar-refractivity contribution in [3.63, 3.8) is 0 Å². The predicted molar refractivity (Wildman–Crippen MR) is 122 cm³/mol. The van der Waals surface area contributed by atoms with Crippen LogP contribution in [0.5, 0.6) is 0 Å². The maximum atomic E-state index is 12.6. The standard InChI is InChI=1S/C23H29N3O3.ClH/c1-5-6-7-8-12-29-23(27)22-15(2)18(25-16(22)3)13-20-21(28-4)14-19(26-20)17-10-9-11-24-17;/h9-11,13-14,24-25H,5-8,12H2,1-4H3;1H/b20-13-;. The molecule has 0 amide bonds. The molecule has 1 aliphatic rings. The summed E-state index contributed by atoms with van der Waals surface area (Å²) in [6.07, 6.45) is 9.97. The third kappa shape index (κ3) is 5.25. The molecule has 0 fully saturated rings. The van der Waals surface area contributed by atoms with Crippen molar-refractivity contribution in [3.05, 3.63) is 64.1 Å². The number of unbranched alkanes of at least 4 members (excludes halogenated alkanes) is 3. The SMILES string of the molecule is CCCCCCOC(=O)c1c(C)[nH]c(/C=C2\N=C(c3ccc[nH]3)C=C2OC)c1C.Cl. The van der Waals surface area contributed by atoms with Gasteiger partial charge >= 0.3 is 5.97 Å². The zero-order valence-corrected chi connectivity index (χ0v) is 18.8. The van der Waals surface area contributed by atoms with E-state index in [0.29, 0.717) is 23.6 Å². The van der Waals surface area contributed by atoms with Gasteiger partial charge in [-0.3, -0.25) is 0 Å². The van der Waals surface area contributed by atoms with E-state index in [-0.39, 0.29) is 18.4 Å². The molecule has 6 nitrogen and oxygen atoms in total. The van der Waals surface area contributed by atoms with Gasteiger partial charge in [0.2, 0.25) is 0 Å². The summed E-state index contributed by atoms with van der Waals surface area (Å²) in [7, 11) is 1.63. The lowest BCUT2D eigenvalue weighted by Crippen LogP contribution is -2.08. The molecule has 0 bridgehead atoms. The molecule has 1 aliphatic heterocycles. The van der Waals surface area contributed by atoms with Crippen LogP contribution in [-0.2, 0) is 9.47 Å². The first-order valence-corrected chi connectivity index (χ1v) is 10.1. The van der Waals surface area contributed by atoms with Gasteiger partial charge in [0, 0.05) is 23.7 Å². The molecular weight excluding hydrogens is 402 g/mol. The molecule has 3 heterocycles. The fraction of sp³-hybridized carbons (Fsp3) is 0.391. The van der Waals surface area contributed by atoms with Gasteiger partial charge in [0.05, 0.1) is 30.7 Å². The number of carbonyl (C=O) groups excluding carboxylic acids is 1. The summed E-state index contributed by atoms with van der Waals surface area (Å²) in [5.74, 6) is 0.406. The molecule has 2 aromatic rings. The third-order valence-corrected chi connectivity index (χ3v) is 5.05. The number of halogens is 1. The van der Waals surface area contributed by atoms with E-state index in [1.807, 2.05) is 44.3 Å². The minimum absolute atomic E-state index is 0. The van der Waals surface area contributed by atoms with E-state index >= 15 is 0 Å². The van der Waals surface area contributed by atoms with Crippen molar-refractivity contribution in [2.45, 2.75) is 46.5 Å². The molecular formula is C23H30ClN3O3. The van der Waals surface area contributed by atoms with Crippen LogP contribution in [0.25, 0.3) is 6.08 Å². The molecule has 2 aromatic heterocycles. The second-order valence-electron chi connectivity index (χ2n) is 7.18. The highest BCUT2D eigenvalue weighted by molar-refractivity contribution is 6.11. The largest absolute Gasteiger partial charge is 0.494 e. The summed E-state index contributed by atoms with van der Waals surface area (Å²) in [6, 6.07) is 3.89. The number of aliphatic imine (C=N–C) groups is 1. The normalized spacial score (nSPS) is 14.3. The van der Waals surface area contributed by atoms with Gasteiger partial charge < -0.3 is 19.4 Å². The van der Waals surface area contributed by atoms with Gasteiger partial charge in [-0.1, -0.05) is 26.2 Å². The van der Waals surface area contributed by atoms with Crippen molar-refractivity contribution in [1.29, 1.82) is 0 Å². The molecule has 0 spiro atoms. The molecule has 0 saturated carbocycles. The van der Waals surface area contributed by atoms with Crippen LogP contribution in [0.1, 0.15) is 65.6 Å². The number of methoxy groups -OCH3 is 1. The van der Waals surface area contributed by atoms with Gasteiger partial charge in [-0.2, -0.15) is 0 Å². The number of H-pyrrole nitrogens is 2. The average molecular weight is 432 g/mol. The number of allylic oxidation sites excluding steroid dienone is 1. The van der Waals surface area contributed by atoms with E-state index in [2.05, 4.69) is 21.9 Å². The maximum absolute atomic E-state index is 12.6. The van der Waals surface area contributed by atoms with Crippen LogP contribution < -0.4 is 0 Å². The van der Waals surface area contributed by atoms with Crippen molar-refractivity contribution in [3.8, 4) is 0 Å². The number of nitrogens with one attached hydrogen (secondary N) is 2. The molecule has 0 radical (unpaired) electrons. The zero-order valence-electron chi connectivity index (χ0n) is 18.0. The van der Waals surface area contributed by atoms with Gasteiger partial charge in [0.15, 0.2) is 0 Å². The number of hydrogen-bond donors (Lipinski definition) is 2. The van der Waals surface area contributed by atoms with Crippen LogP contribution in [0.15, 0.2) is 40.9 Å². The molecule has 0 atom stereocenters. The van der Waals surface area contributed by atoms with E-state index in [9.17, 15) is 4.79 Å². The lowest BCUT2D eigenvalue weighted by Gasteiger charge is -2.05. The first kappa shape index (κ1) is 23.5. The fourth-order valence-electron chi connectivity index (χ4n) is 3.44. The number of rotatable bonds is 9. The van der Waals surface area contributed by atoms with Gasteiger partial charge in [0.25, 0.3) is 0 Å². The van der Waals surface area contributed by atoms with Crippen LogP contribution in [0.3, 0.4) is 0 Å². The van der Waals surface area contributed by atoms with E-state index in [0.717, 1.165) is 54.0 Å². The molecule has 0 unspecified atom stereocenters. The Kier molecular flexibility index (Phi) is 8.54. The summed E-state index contributed by atoms with van der Waals surface area (Å²) in [5.41, 5.74) is 5.52. The molecule has 0 aliphatic carbocycles. The first-order chi connectivity index (χ1) is 14.0. The van der Waals surface area contributed by atoms with Gasteiger partial charge in [-0.05, 0) is 44.0 Å². The summed E-state index contributed by atoms with van der Waals surface area (Å²) < 4.78 is 11.0. The van der Waals surface area contributed by atoms with Gasteiger partial charge in [-0.15, -0.1) is 12.4 Å². The quantitative estimate of drug-likeness (QED) is 0.406. The maximum Gasteiger partial charge on any atom is 0.340 e. The first-order valence-electron chi connectivity index (χ1n) is 10.1. The lowest BCUT2D eigenvalue weighted by atomic mass is 10.1. The highest BCUT2D eigenvalue weighted by atomic mass is 35.5. The predicted octanol–water partition coefficient (Wildman–Crippen LogP) is 5.49. The average Bonchev–Trinajstić information content (AvgIpc) is 3.42. The number of aromatic amines is 2. The Morgan fingerprint density at radius 3 is 2.70 bits per heavy atom. The number of aryl methyl sites for hydroxylation is 1. The number of hydrogen-bond acceptors (Lipinski definition) is 4. The van der Waals surface area contributed by atoms with Gasteiger partial charge in [0.1, 0.15) is 11.5 Å². The Morgan fingerprint density at radius 2 is 2.03 bits per heavy atom. The van der Waals surface area contributed by atoms with Crippen molar-refractivity contribution in [2.24, 2.45) is 4.99 Å². The Labute approximate surface area is 183 Å². The second-order valence-corrected chi connectivity index (χ2v) is 7.18. The summed E-state index contributed by atoms with van der Waals surface area (Å²) >= 11 is 0. The summed E-state index contributed by atoms with van der Waals surface area (Å²) in [5, 5.41) is 0. The number of aromatic nitrogens is 2. The minimum Gasteiger partial charge on any atom is -0.494 e. The Hall–Kier alpha value is -2.73. The molecule has 30 heavy (non-hydrogen) atoms. The third-order valence-electron chi connectivity index (χ3n) is 5.05. The number of nitrogens with zero attached hydrogens (tertiary/aromatic N) is 1. The molecule has 0 saturated heterocycles. The van der Waals surface area contributed by atoms with Crippen LogP contribution in [0.4, 0.5) is 0 Å². The highest BCUT2D eigenvalue weighted by Gasteiger charge is 2.21. The minimum atomic E-state index is -0.276. The number of carbonyl (C=O) groups is 1. The molecule has 2 N–H and O–H groups in total. The number of esters is 1. The molecule has 7 heteroatoms. The number of ether oxygens (including phenoxy) is 2. The van der Waals surface area contributed by atoms with E-state index in [1.54, 1.807) is 7.11 Å². The zero-order chi connectivity index (χ0) is 20.8. The Morgan fingerprint density at radius 1 is 1.23 bits per heavy atom. The summed E-state index contributed by atoms with van der Waals surface area (Å²) in [6.45, 7) is 6.43. The Balaban J connectivity index is 0.00000320. The van der Waals surface area contributed by atoms with Crippen molar-refractivity contribution >= 4 is 30.2 Å². The van der Waals surface area contributed by atoms with Crippen molar-refractivity contribution in [1.82, 2.24) is 9.97 Å². The van der Waals surface area contributed by atoms with Crippen LogP contribution in [0.2, 0.25) is 0 Å². The van der Waals surface area contributed by atoms with Crippen LogP contribution in [0, 0.1) is 13.8 Å². The summed E-state index contributed by atoms with van der Waals surface area (Å²) in [4.78, 5) is 23.7. The molecule has 3 rings (SSSR count). The van der Waals surface area contributed by atoms with Crippen molar-refractivity contribution < 1.29 is 14.3 Å². The van der Waals surface area contributed by atoms with E-state index < -0.39 is 0 Å². The lowest BCUT2D eigenvalue weighted by molar-refractivity contribution is 0.0496. The topological polar surface area (TPSA) is 79.5 Å². The fourth-order valence-corrected chi connectivity index (χ4v) is 3.44. The van der Waals surface area contributed by atoms with Gasteiger partial charge in [-0.25, -0.2) is 9.79 Å². The van der Waals surface area contributed by atoms with Crippen LogP contribution >= 0.6 is 12.4 Å². The molecule has 0 aromatic carbocycles. The smallest absolute Gasteiger partial charge is 0.340 e. The highest BCUT2D eigenvalue weighted by Crippen LogP contribution is 2.27. The second kappa shape index (κ2) is 10.9. The van der Waals surface area contributed by atoms with Crippen molar-refractivity contribution in [2.75, 3.05) is 13.7 Å². The van der Waals surface area contributed by atoms with E-state index in [1.165, 1.54) is 0 Å². The monoisotopic (exact) mass is 431 g/mol. The Bertz CT molecular complexity index is 953.